The highest BCUT2D eigenvalue weighted by molar-refractivity contribution is 7.12. The molecule has 2 heterocycles. The molecule has 0 bridgehead atoms. The van der Waals surface area contributed by atoms with Gasteiger partial charge >= 0.3 is 6.18 Å². The van der Waals surface area contributed by atoms with Crippen LogP contribution < -0.4 is 4.90 Å². The molecule has 2 amide bonds. The molecule has 1 aromatic carbocycles. The SMILES string of the molecule is C[C@H]1C(=O)N(c2cccc(C(F)(F)F)c2)CCN1C(=O)c1cccs1. The number of piperazine rings is 1. The molecule has 1 aliphatic rings. The van der Waals surface area contributed by atoms with Gasteiger partial charge in [0, 0.05) is 18.8 Å². The largest absolute Gasteiger partial charge is 0.416 e. The van der Waals surface area contributed by atoms with Gasteiger partial charge in [-0.05, 0) is 36.6 Å². The lowest BCUT2D eigenvalue weighted by atomic mass is 10.1. The topological polar surface area (TPSA) is 40.6 Å². The highest BCUT2D eigenvalue weighted by Crippen LogP contribution is 2.32. The van der Waals surface area contributed by atoms with Crippen molar-refractivity contribution in [2.45, 2.75) is 19.1 Å². The van der Waals surface area contributed by atoms with Gasteiger partial charge in [-0.15, -0.1) is 11.3 Å². The van der Waals surface area contributed by atoms with Crippen molar-refractivity contribution in [2.75, 3.05) is 18.0 Å². The third-order valence-corrected chi connectivity index (χ3v) is 4.99. The van der Waals surface area contributed by atoms with Crippen LogP contribution in [0, 0.1) is 0 Å². The molecule has 0 spiro atoms. The number of halogens is 3. The van der Waals surface area contributed by atoms with Gasteiger partial charge in [-0.1, -0.05) is 12.1 Å². The zero-order chi connectivity index (χ0) is 18.2. The lowest BCUT2D eigenvalue weighted by molar-refractivity contribution is -0.137. The van der Waals surface area contributed by atoms with E-state index in [-0.39, 0.29) is 24.7 Å². The van der Waals surface area contributed by atoms with Gasteiger partial charge in [0.1, 0.15) is 6.04 Å². The van der Waals surface area contributed by atoms with Crippen molar-refractivity contribution in [1.29, 1.82) is 0 Å². The summed E-state index contributed by atoms with van der Waals surface area (Å²) in [4.78, 5) is 28.4. The Hall–Kier alpha value is -2.35. The minimum Gasteiger partial charge on any atom is -0.324 e. The highest BCUT2D eigenvalue weighted by Gasteiger charge is 2.37. The van der Waals surface area contributed by atoms with Crippen LogP contribution in [0.25, 0.3) is 0 Å². The van der Waals surface area contributed by atoms with E-state index in [1.165, 1.54) is 33.3 Å². The summed E-state index contributed by atoms with van der Waals surface area (Å²) in [5.41, 5.74) is -0.613. The average molecular weight is 368 g/mol. The van der Waals surface area contributed by atoms with Crippen molar-refractivity contribution in [2.24, 2.45) is 0 Å². The van der Waals surface area contributed by atoms with Gasteiger partial charge in [-0.25, -0.2) is 0 Å². The Morgan fingerprint density at radius 3 is 2.60 bits per heavy atom. The number of thiophene rings is 1. The average Bonchev–Trinajstić information content (AvgIpc) is 3.10. The van der Waals surface area contributed by atoms with E-state index in [1.807, 2.05) is 0 Å². The van der Waals surface area contributed by atoms with Gasteiger partial charge in [0.25, 0.3) is 5.91 Å². The second-order valence-corrected chi connectivity index (χ2v) is 6.64. The molecule has 8 heteroatoms. The molecule has 3 rings (SSSR count). The van der Waals surface area contributed by atoms with Crippen LogP contribution in [0.5, 0.6) is 0 Å². The fourth-order valence-corrected chi connectivity index (χ4v) is 3.48. The molecule has 132 valence electrons. The summed E-state index contributed by atoms with van der Waals surface area (Å²) in [6, 6.07) is 7.37. The quantitative estimate of drug-likeness (QED) is 0.812. The van der Waals surface area contributed by atoms with E-state index in [0.717, 1.165) is 12.1 Å². The van der Waals surface area contributed by atoms with Crippen molar-refractivity contribution in [3.05, 3.63) is 52.2 Å². The first-order valence-electron chi connectivity index (χ1n) is 7.62. The summed E-state index contributed by atoms with van der Waals surface area (Å²) < 4.78 is 38.6. The molecule has 25 heavy (non-hydrogen) atoms. The molecule has 2 aromatic rings. The predicted octanol–water partition coefficient (Wildman–Crippen LogP) is 3.64. The molecule has 0 saturated carbocycles. The summed E-state index contributed by atoms with van der Waals surface area (Å²) in [5, 5.41) is 1.78. The summed E-state index contributed by atoms with van der Waals surface area (Å²) in [6.45, 7) is 2.01. The number of hydrogen-bond donors (Lipinski definition) is 0. The number of benzene rings is 1. The number of anilines is 1. The standard InChI is InChI=1S/C17H15F3N2O2S/c1-11-15(23)22(13-5-2-4-12(10-13)17(18,19)20)8-7-21(11)16(24)14-6-3-9-25-14/h2-6,9-11H,7-8H2,1H3/t11-/m0/s1. The molecule has 4 nitrogen and oxygen atoms in total. The van der Waals surface area contributed by atoms with Crippen molar-refractivity contribution in [3.63, 3.8) is 0 Å². The predicted molar refractivity (Wildman–Crippen MR) is 88.6 cm³/mol. The van der Waals surface area contributed by atoms with Crippen LogP contribution in [0.2, 0.25) is 0 Å². The number of nitrogens with zero attached hydrogens (tertiary/aromatic N) is 2. The van der Waals surface area contributed by atoms with E-state index in [4.69, 9.17) is 0 Å². The summed E-state index contributed by atoms with van der Waals surface area (Å²) in [5.74, 6) is -0.630. The number of hydrogen-bond acceptors (Lipinski definition) is 3. The first-order chi connectivity index (χ1) is 11.8. The van der Waals surface area contributed by atoms with Crippen molar-refractivity contribution in [3.8, 4) is 0 Å². The third-order valence-electron chi connectivity index (χ3n) is 4.13. The van der Waals surface area contributed by atoms with E-state index in [9.17, 15) is 22.8 Å². The highest BCUT2D eigenvalue weighted by atomic mass is 32.1. The Labute approximate surface area is 146 Å². The van der Waals surface area contributed by atoms with Crippen molar-refractivity contribution < 1.29 is 22.8 Å². The Kier molecular flexibility index (Phi) is 4.55. The number of alkyl halides is 3. The lowest BCUT2D eigenvalue weighted by Gasteiger charge is -2.39. The molecule has 1 aromatic heterocycles. The van der Waals surface area contributed by atoms with E-state index >= 15 is 0 Å². The minimum atomic E-state index is -4.47. The number of carbonyl (C=O) groups is 2. The van der Waals surface area contributed by atoms with Gasteiger partial charge in [0.15, 0.2) is 0 Å². The first-order valence-corrected chi connectivity index (χ1v) is 8.50. The van der Waals surface area contributed by atoms with Crippen LogP contribution in [-0.4, -0.2) is 35.8 Å². The normalized spacial score (nSPS) is 18.6. The van der Waals surface area contributed by atoms with E-state index in [1.54, 1.807) is 24.4 Å². The molecular formula is C17H15F3N2O2S. The van der Waals surface area contributed by atoms with Crippen LogP contribution in [0.15, 0.2) is 41.8 Å². The monoisotopic (exact) mass is 368 g/mol. The van der Waals surface area contributed by atoms with Crippen LogP contribution in [0.4, 0.5) is 18.9 Å². The maximum absolute atomic E-state index is 12.9. The molecular weight excluding hydrogens is 353 g/mol. The maximum atomic E-state index is 12.9. The van der Waals surface area contributed by atoms with E-state index < -0.39 is 23.7 Å². The molecule has 1 fully saturated rings. The van der Waals surface area contributed by atoms with Gasteiger partial charge in [0.2, 0.25) is 5.91 Å². The number of rotatable bonds is 2. The molecule has 0 aliphatic carbocycles. The molecule has 1 atom stereocenters. The third kappa shape index (κ3) is 3.39. The summed E-state index contributed by atoms with van der Waals surface area (Å²) in [6.07, 6.45) is -4.47. The molecule has 1 aliphatic heterocycles. The number of carbonyl (C=O) groups excluding carboxylic acids is 2. The molecule has 0 radical (unpaired) electrons. The Balaban J connectivity index is 1.82. The second-order valence-electron chi connectivity index (χ2n) is 5.69. The molecule has 1 saturated heterocycles. The van der Waals surface area contributed by atoms with Crippen molar-refractivity contribution >= 4 is 28.8 Å². The van der Waals surface area contributed by atoms with Crippen LogP contribution in [0.3, 0.4) is 0 Å². The summed E-state index contributed by atoms with van der Waals surface area (Å²) in [7, 11) is 0. The Morgan fingerprint density at radius 2 is 1.96 bits per heavy atom. The number of amides is 2. The first kappa shape index (κ1) is 17.5. The fraction of sp³-hybridized carbons (Fsp3) is 0.294. The summed E-state index contributed by atoms with van der Waals surface area (Å²) >= 11 is 1.29. The van der Waals surface area contributed by atoms with Crippen LogP contribution in [0.1, 0.15) is 22.2 Å². The fourth-order valence-electron chi connectivity index (χ4n) is 2.80. The zero-order valence-corrected chi connectivity index (χ0v) is 14.1. The van der Waals surface area contributed by atoms with Crippen LogP contribution >= 0.6 is 11.3 Å². The minimum absolute atomic E-state index is 0.154. The molecule has 0 unspecified atom stereocenters. The van der Waals surface area contributed by atoms with Crippen molar-refractivity contribution in [1.82, 2.24) is 4.90 Å². The van der Waals surface area contributed by atoms with Crippen LogP contribution in [-0.2, 0) is 11.0 Å². The Morgan fingerprint density at radius 1 is 1.20 bits per heavy atom. The second kappa shape index (κ2) is 6.51. The smallest absolute Gasteiger partial charge is 0.324 e. The lowest BCUT2D eigenvalue weighted by Crippen LogP contribution is -2.57. The van der Waals surface area contributed by atoms with E-state index in [2.05, 4.69) is 0 Å². The Bertz CT molecular complexity index is 789. The van der Waals surface area contributed by atoms with Gasteiger partial charge in [-0.2, -0.15) is 13.2 Å². The van der Waals surface area contributed by atoms with Gasteiger partial charge < -0.3 is 9.80 Å². The maximum Gasteiger partial charge on any atom is 0.416 e. The van der Waals surface area contributed by atoms with Gasteiger partial charge in [-0.3, -0.25) is 9.59 Å². The van der Waals surface area contributed by atoms with Gasteiger partial charge in [0.05, 0.1) is 10.4 Å². The zero-order valence-electron chi connectivity index (χ0n) is 13.3. The van der Waals surface area contributed by atoms with E-state index in [0.29, 0.717) is 4.88 Å². The molecule has 0 N–H and O–H groups in total.